The Morgan fingerprint density at radius 3 is 2.44 bits per heavy atom. The van der Waals surface area contributed by atoms with Gasteiger partial charge in [-0.3, -0.25) is 4.79 Å². The van der Waals surface area contributed by atoms with Crippen LogP contribution in [-0.4, -0.2) is 35.0 Å². The number of hydrogen-bond donors (Lipinski definition) is 2. The van der Waals surface area contributed by atoms with Crippen LogP contribution in [-0.2, 0) is 0 Å². The van der Waals surface area contributed by atoms with Gasteiger partial charge in [0.2, 0.25) is 5.95 Å². The van der Waals surface area contributed by atoms with Crippen molar-refractivity contribution in [3.05, 3.63) is 41.7 Å². The third-order valence-electron chi connectivity index (χ3n) is 4.10. The molecular weight excluding hydrogens is 314 g/mol. The van der Waals surface area contributed by atoms with E-state index in [1.165, 1.54) is 18.5 Å². The number of carbonyl (C=O) groups excluding carboxylic acids is 1. The summed E-state index contributed by atoms with van der Waals surface area (Å²) in [4.78, 5) is 23.3. The van der Waals surface area contributed by atoms with Crippen molar-refractivity contribution >= 4 is 23.2 Å². The molecule has 25 heavy (non-hydrogen) atoms. The summed E-state index contributed by atoms with van der Waals surface area (Å²) in [5.41, 5.74) is 3.27. The molecule has 0 saturated carbocycles. The topological polar surface area (TPSA) is 70.2 Å². The first kappa shape index (κ1) is 17.2. The number of nitrogens with one attached hydrogen (secondary N) is 2. The number of carbonyl (C=O) groups is 1. The summed E-state index contributed by atoms with van der Waals surface area (Å²) in [5.74, 6) is 0.246. The predicted molar refractivity (Wildman–Crippen MR) is 101 cm³/mol. The summed E-state index contributed by atoms with van der Waals surface area (Å²) in [6.45, 7) is 7.96. The minimum atomic E-state index is -0.187. The van der Waals surface area contributed by atoms with E-state index in [1.54, 1.807) is 6.07 Å². The number of amides is 1. The molecule has 0 bridgehead atoms. The minimum absolute atomic E-state index is 0.0670. The highest BCUT2D eigenvalue weighted by Gasteiger charge is 2.13. The van der Waals surface area contributed by atoms with E-state index >= 15 is 0 Å². The monoisotopic (exact) mass is 339 g/mol. The number of hydrogen-bond acceptors (Lipinski definition) is 5. The molecule has 6 nitrogen and oxygen atoms in total. The lowest BCUT2D eigenvalue weighted by Crippen LogP contribution is -2.31. The molecule has 3 rings (SSSR count). The molecule has 1 saturated heterocycles. The van der Waals surface area contributed by atoms with Gasteiger partial charge in [-0.15, -0.1) is 0 Å². The highest BCUT2D eigenvalue weighted by molar-refractivity contribution is 5.92. The smallest absolute Gasteiger partial charge is 0.270 e. The van der Waals surface area contributed by atoms with Crippen LogP contribution in [0.1, 0.15) is 42.9 Å². The summed E-state index contributed by atoms with van der Waals surface area (Å²) < 4.78 is 0. The van der Waals surface area contributed by atoms with E-state index < -0.39 is 0 Å². The molecule has 1 aliphatic heterocycles. The molecule has 0 atom stereocenters. The second-order valence-electron chi connectivity index (χ2n) is 6.71. The summed E-state index contributed by atoms with van der Waals surface area (Å²) in [7, 11) is 0. The zero-order valence-electron chi connectivity index (χ0n) is 15.0. The number of rotatable bonds is 5. The van der Waals surface area contributed by atoms with Crippen LogP contribution in [0.4, 0.5) is 17.3 Å². The second kappa shape index (κ2) is 7.51. The van der Waals surface area contributed by atoms with Crippen LogP contribution in [0.15, 0.2) is 30.3 Å². The van der Waals surface area contributed by atoms with Crippen molar-refractivity contribution in [2.45, 2.75) is 39.7 Å². The van der Waals surface area contributed by atoms with Crippen LogP contribution in [0.3, 0.4) is 0 Å². The fourth-order valence-electron chi connectivity index (χ4n) is 2.94. The summed E-state index contributed by atoms with van der Waals surface area (Å²) in [6.07, 6.45) is 2.52. The van der Waals surface area contributed by atoms with Crippen molar-refractivity contribution in [1.29, 1.82) is 0 Å². The van der Waals surface area contributed by atoms with Gasteiger partial charge in [0.05, 0.1) is 0 Å². The van der Waals surface area contributed by atoms with E-state index in [1.807, 2.05) is 32.9 Å². The molecule has 0 aliphatic carbocycles. The highest BCUT2D eigenvalue weighted by atomic mass is 16.1. The Kier molecular flexibility index (Phi) is 5.16. The van der Waals surface area contributed by atoms with Gasteiger partial charge in [-0.25, -0.2) is 9.97 Å². The van der Waals surface area contributed by atoms with Gasteiger partial charge in [0.15, 0.2) is 0 Å². The van der Waals surface area contributed by atoms with Crippen LogP contribution in [0.5, 0.6) is 0 Å². The largest absolute Gasteiger partial charge is 0.372 e. The first-order valence-electron chi connectivity index (χ1n) is 8.80. The molecule has 6 heteroatoms. The molecule has 2 heterocycles. The standard InChI is InChI=1S/C19H25N5O/c1-13(2)20-18(25)17-12-14(3)21-19(23-17)22-15-6-8-16(9-7-15)24-10-4-5-11-24/h6-9,12-13H,4-5,10-11H2,1-3H3,(H,20,25)(H,21,22,23). The molecule has 1 aromatic heterocycles. The van der Waals surface area contributed by atoms with Crippen molar-refractivity contribution < 1.29 is 4.79 Å². The van der Waals surface area contributed by atoms with E-state index in [0.717, 1.165) is 24.5 Å². The molecule has 0 unspecified atom stereocenters. The van der Waals surface area contributed by atoms with Gasteiger partial charge in [0.1, 0.15) is 5.69 Å². The van der Waals surface area contributed by atoms with Crippen LogP contribution >= 0.6 is 0 Å². The minimum Gasteiger partial charge on any atom is -0.372 e. The number of benzene rings is 1. The van der Waals surface area contributed by atoms with Crippen LogP contribution in [0.25, 0.3) is 0 Å². The molecule has 1 amide bonds. The third kappa shape index (κ3) is 4.47. The lowest BCUT2D eigenvalue weighted by atomic mass is 10.2. The summed E-state index contributed by atoms with van der Waals surface area (Å²) >= 11 is 0. The molecular formula is C19H25N5O. The Balaban J connectivity index is 1.73. The lowest BCUT2D eigenvalue weighted by Gasteiger charge is -2.18. The number of aryl methyl sites for hydroxylation is 1. The molecule has 1 aromatic carbocycles. The normalized spacial score (nSPS) is 14.0. The fraction of sp³-hybridized carbons (Fsp3) is 0.421. The van der Waals surface area contributed by atoms with Gasteiger partial charge < -0.3 is 15.5 Å². The molecule has 2 aromatic rings. The first-order chi connectivity index (χ1) is 12.0. The van der Waals surface area contributed by atoms with Crippen molar-refractivity contribution in [1.82, 2.24) is 15.3 Å². The Morgan fingerprint density at radius 2 is 1.80 bits per heavy atom. The Morgan fingerprint density at radius 1 is 1.12 bits per heavy atom. The lowest BCUT2D eigenvalue weighted by molar-refractivity contribution is 0.0938. The summed E-state index contributed by atoms with van der Waals surface area (Å²) in [5, 5.41) is 6.04. The maximum atomic E-state index is 12.2. The van der Waals surface area contributed by atoms with Gasteiger partial charge in [-0.1, -0.05) is 0 Å². The van der Waals surface area contributed by atoms with Crippen molar-refractivity contribution in [2.24, 2.45) is 0 Å². The fourth-order valence-corrected chi connectivity index (χ4v) is 2.94. The van der Waals surface area contributed by atoms with Crippen LogP contribution < -0.4 is 15.5 Å². The zero-order valence-corrected chi connectivity index (χ0v) is 15.0. The van der Waals surface area contributed by atoms with E-state index in [4.69, 9.17) is 0 Å². The Hall–Kier alpha value is -2.63. The molecule has 1 fully saturated rings. The second-order valence-corrected chi connectivity index (χ2v) is 6.71. The molecule has 132 valence electrons. The van der Waals surface area contributed by atoms with E-state index in [0.29, 0.717) is 11.6 Å². The molecule has 2 N–H and O–H groups in total. The predicted octanol–water partition coefficient (Wildman–Crippen LogP) is 3.27. The average Bonchev–Trinajstić information content (AvgIpc) is 3.09. The molecule has 0 radical (unpaired) electrons. The zero-order chi connectivity index (χ0) is 17.8. The van der Waals surface area contributed by atoms with E-state index in [9.17, 15) is 4.79 Å². The molecule has 0 spiro atoms. The number of anilines is 3. The van der Waals surface area contributed by atoms with E-state index in [2.05, 4.69) is 37.6 Å². The highest BCUT2D eigenvalue weighted by Crippen LogP contribution is 2.23. The van der Waals surface area contributed by atoms with Crippen molar-refractivity contribution in [3.8, 4) is 0 Å². The van der Waals surface area contributed by atoms with Gasteiger partial charge in [0, 0.05) is 36.2 Å². The first-order valence-corrected chi connectivity index (χ1v) is 8.80. The van der Waals surface area contributed by atoms with E-state index in [-0.39, 0.29) is 11.9 Å². The van der Waals surface area contributed by atoms with Crippen molar-refractivity contribution in [3.63, 3.8) is 0 Å². The third-order valence-corrected chi connectivity index (χ3v) is 4.10. The number of aromatic nitrogens is 2. The molecule has 1 aliphatic rings. The quantitative estimate of drug-likeness (QED) is 0.875. The average molecular weight is 339 g/mol. The van der Waals surface area contributed by atoms with Gasteiger partial charge in [-0.2, -0.15) is 0 Å². The Labute approximate surface area is 148 Å². The number of nitrogens with zero attached hydrogens (tertiary/aromatic N) is 3. The van der Waals surface area contributed by atoms with Gasteiger partial charge in [-0.05, 0) is 63.9 Å². The van der Waals surface area contributed by atoms with Gasteiger partial charge >= 0.3 is 0 Å². The van der Waals surface area contributed by atoms with Gasteiger partial charge in [0.25, 0.3) is 5.91 Å². The van der Waals surface area contributed by atoms with Crippen molar-refractivity contribution in [2.75, 3.05) is 23.3 Å². The maximum absolute atomic E-state index is 12.2. The van der Waals surface area contributed by atoms with Crippen LogP contribution in [0, 0.1) is 6.92 Å². The van der Waals surface area contributed by atoms with Crippen LogP contribution in [0.2, 0.25) is 0 Å². The maximum Gasteiger partial charge on any atom is 0.270 e. The summed E-state index contributed by atoms with van der Waals surface area (Å²) in [6, 6.07) is 10.0. The SMILES string of the molecule is Cc1cc(C(=O)NC(C)C)nc(Nc2ccc(N3CCCC3)cc2)n1. The Bertz CT molecular complexity index is 736.